The van der Waals surface area contributed by atoms with Gasteiger partial charge in [0.2, 0.25) is 0 Å². The molecule has 2 N–H and O–H groups in total. The smallest absolute Gasteiger partial charge is 0.0833 e. The molecule has 1 aliphatic carbocycles. The molecule has 0 aliphatic heterocycles. The lowest BCUT2D eigenvalue weighted by atomic mass is 9.68. The largest absolute Gasteiger partial charge is 0.377 e. The third-order valence-electron chi connectivity index (χ3n) is 5.06. The second-order valence-corrected chi connectivity index (χ2v) is 7.14. The minimum Gasteiger partial charge on any atom is -0.377 e. The van der Waals surface area contributed by atoms with Crippen LogP contribution in [0, 0.1) is 12.3 Å². The zero-order valence-corrected chi connectivity index (χ0v) is 13.6. The topological polar surface area (TPSA) is 53.1 Å². The number of aromatic nitrogens is 2. The summed E-state index contributed by atoms with van der Waals surface area (Å²) in [5.41, 5.74) is 9.01. The van der Waals surface area contributed by atoms with Crippen LogP contribution in [-0.4, -0.2) is 28.5 Å². The number of hydrogen-bond acceptors (Lipinski definition) is 3. The Morgan fingerprint density at radius 1 is 1.35 bits per heavy atom. The molecule has 1 fully saturated rings. The van der Waals surface area contributed by atoms with E-state index in [4.69, 9.17) is 10.5 Å². The summed E-state index contributed by atoms with van der Waals surface area (Å²) in [7, 11) is 3.80. The number of rotatable bonds is 4. The summed E-state index contributed by atoms with van der Waals surface area (Å²) >= 11 is 0. The SMILES string of the molecule is COC1(C(N)Cc2cc(C)nn2C)CCC(C)(C)CC1. The minimum absolute atomic E-state index is 0.0263. The van der Waals surface area contributed by atoms with Crippen LogP contribution in [0.4, 0.5) is 0 Å². The summed E-state index contributed by atoms with van der Waals surface area (Å²) in [5.74, 6) is 0. The zero-order chi connectivity index (χ0) is 15.0. The lowest BCUT2D eigenvalue weighted by Gasteiger charge is -2.46. The minimum atomic E-state index is -0.173. The van der Waals surface area contributed by atoms with Gasteiger partial charge >= 0.3 is 0 Å². The Morgan fingerprint density at radius 2 is 1.95 bits per heavy atom. The highest BCUT2D eigenvalue weighted by molar-refractivity contribution is 5.12. The first kappa shape index (κ1) is 15.5. The van der Waals surface area contributed by atoms with Crippen LogP contribution in [0.2, 0.25) is 0 Å². The second kappa shape index (κ2) is 5.49. The molecule has 20 heavy (non-hydrogen) atoms. The van der Waals surface area contributed by atoms with Crippen LogP contribution >= 0.6 is 0 Å². The summed E-state index contributed by atoms with van der Waals surface area (Å²) in [6.07, 6.45) is 5.28. The third-order valence-corrected chi connectivity index (χ3v) is 5.06. The van der Waals surface area contributed by atoms with Gasteiger partial charge < -0.3 is 10.5 Å². The van der Waals surface area contributed by atoms with E-state index in [-0.39, 0.29) is 11.6 Å². The van der Waals surface area contributed by atoms with Crippen LogP contribution in [0.1, 0.15) is 50.9 Å². The van der Waals surface area contributed by atoms with Gasteiger partial charge in [-0.2, -0.15) is 5.10 Å². The molecule has 1 unspecified atom stereocenters. The zero-order valence-electron chi connectivity index (χ0n) is 13.6. The highest BCUT2D eigenvalue weighted by atomic mass is 16.5. The summed E-state index contributed by atoms with van der Waals surface area (Å²) in [5, 5.41) is 4.40. The molecule has 1 heterocycles. The first-order valence-corrected chi connectivity index (χ1v) is 7.58. The summed E-state index contributed by atoms with van der Waals surface area (Å²) in [6.45, 7) is 6.69. The Balaban J connectivity index is 2.10. The maximum atomic E-state index is 6.53. The van der Waals surface area contributed by atoms with E-state index < -0.39 is 0 Å². The number of hydrogen-bond donors (Lipinski definition) is 1. The fourth-order valence-corrected chi connectivity index (χ4v) is 3.34. The molecule has 4 nitrogen and oxygen atoms in total. The van der Waals surface area contributed by atoms with E-state index in [0.29, 0.717) is 5.41 Å². The van der Waals surface area contributed by atoms with Crippen LogP contribution in [0.25, 0.3) is 0 Å². The Hall–Kier alpha value is -0.870. The number of methoxy groups -OCH3 is 1. The highest BCUT2D eigenvalue weighted by Gasteiger charge is 2.42. The fourth-order valence-electron chi connectivity index (χ4n) is 3.34. The molecule has 4 heteroatoms. The lowest BCUT2D eigenvalue weighted by Crippen LogP contribution is -2.53. The van der Waals surface area contributed by atoms with E-state index >= 15 is 0 Å². The van der Waals surface area contributed by atoms with Crippen LogP contribution < -0.4 is 5.73 Å². The van der Waals surface area contributed by atoms with Crippen molar-refractivity contribution < 1.29 is 4.74 Å². The molecular formula is C16H29N3O. The first-order valence-electron chi connectivity index (χ1n) is 7.58. The summed E-state index contributed by atoms with van der Waals surface area (Å²) < 4.78 is 7.83. The molecule has 0 radical (unpaired) electrons. The molecule has 2 rings (SSSR count). The van der Waals surface area contributed by atoms with E-state index in [9.17, 15) is 0 Å². The molecule has 0 spiro atoms. The van der Waals surface area contributed by atoms with E-state index in [2.05, 4.69) is 25.0 Å². The van der Waals surface area contributed by atoms with Crippen molar-refractivity contribution in [3.05, 3.63) is 17.5 Å². The summed E-state index contributed by atoms with van der Waals surface area (Å²) in [4.78, 5) is 0. The van der Waals surface area contributed by atoms with Crippen molar-refractivity contribution in [1.29, 1.82) is 0 Å². The Morgan fingerprint density at radius 3 is 2.40 bits per heavy atom. The highest BCUT2D eigenvalue weighted by Crippen LogP contribution is 2.43. The van der Waals surface area contributed by atoms with Crippen LogP contribution in [0.3, 0.4) is 0 Å². The van der Waals surface area contributed by atoms with Gasteiger partial charge in [0.15, 0.2) is 0 Å². The van der Waals surface area contributed by atoms with Gasteiger partial charge in [0.05, 0.1) is 11.3 Å². The quantitative estimate of drug-likeness (QED) is 0.921. The van der Waals surface area contributed by atoms with Crippen LogP contribution in [0.5, 0.6) is 0 Å². The number of nitrogens with two attached hydrogens (primary N) is 1. The van der Waals surface area contributed by atoms with Gasteiger partial charge in [0, 0.05) is 32.3 Å². The van der Waals surface area contributed by atoms with Crippen molar-refractivity contribution in [2.24, 2.45) is 18.2 Å². The van der Waals surface area contributed by atoms with Crippen LogP contribution in [0.15, 0.2) is 6.07 Å². The molecule has 1 aliphatic rings. The lowest BCUT2D eigenvalue weighted by molar-refractivity contribution is -0.0784. The molecule has 1 atom stereocenters. The van der Waals surface area contributed by atoms with Crippen molar-refractivity contribution in [1.82, 2.24) is 9.78 Å². The van der Waals surface area contributed by atoms with Crippen molar-refractivity contribution >= 4 is 0 Å². The predicted molar refractivity (Wildman–Crippen MR) is 81.6 cm³/mol. The number of ether oxygens (including phenoxy) is 1. The first-order chi connectivity index (χ1) is 9.28. The van der Waals surface area contributed by atoms with Gasteiger partial charge in [-0.15, -0.1) is 0 Å². The predicted octanol–water partition coefficient (Wildman–Crippen LogP) is 2.58. The van der Waals surface area contributed by atoms with Crippen molar-refractivity contribution in [3.8, 4) is 0 Å². The van der Waals surface area contributed by atoms with E-state index in [1.54, 1.807) is 0 Å². The molecule has 1 saturated carbocycles. The number of nitrogens with zero attached hydrogens (tertiary/aromatic N) is 2. The Kier molecular flexibility index (Phi) is 4.26. The number of aryl methyl sites for hydroxylation is 2. The monoisotopic (exact) mass is 279 g/mol. The van der Waals surface area contributed by atoms with Gasteiger partial charge in [0.25, 0.3) is 0 Å². The maximum Gasteiger partial charge on any atom is 0.0833 e. The third kappa shape index (κ3) is 3.07. The van der Waals surface area contributed by atoms with Crippen LogP contribution in [-0.2, 0) is 18.2 Å². The molecule has 1 aromatic rings. The molecule has 1 aromatic heterocycles. The van der Waals surface area contributed by atoms with Gasteiger partial charge in [-0.05, 0) is 44.1 Å². The average molecular weight is 279 g/mol. The van der Waals surface area contributed by atoms with Gasteiger partial charge in [-0.25, -0.2) is 0 Å². The maximum absolute atomic E-state index is 6.53. The molecule has 0 amide bonds. The second-order valence-electron chi connectivity index (χ2n) is 7.14. The van der Waals surface area contributed by atoms with Gasteiger partial charge in [0.1, 0.15) is 0 Å². The molecule has 0 aromatic carbocycles. The van der Waals surface area contributed by atoms with Gasteiger partial charge in [-0.3, -0.25) is 4.68 Å². The van der Waals surface area contributed by atoms with Crippen molar-refractivity contribution in [2.45, 2.75) is 64.5 Å². The fraction of sp³-hybridized carbons (Fsp3) is 0.812. The summed E-state index contributed by atoms with van der Waals surface area (Å²) in [6, 6.07) is 2.15. The van der Waals surface area contributed by atoms with Gasteiger partial charge in [-0.1, -0.05) is 13.8 Å². The Labute approximate surface area is 122 Å². The molecular weight excluding hydrogens is 250 g/mol. The standard InChI is InChI=1S/C16H29N3O/c1-12-10-13(19(4)18-12)11-14(17)16(20-5)8-6-15(2,3)7-9-16/h10,14H,6-9,11,17H2,1-5H3. The molecule has 0 bridgehead atoms. The average Bonchev–Trinajstić information content (AvgIpc) is 2.68. The molecule has 114 valence electrons. The normalized spacial score (nSPS) is 22.7. The Bertz CT molecular complexity index is 454. The van der Waals surface area contributed by atoms with E-state index in [1.165, 1.54) is 18.5 Å². The molecule has 0 saturated heterocycles. The van der Waals surface area contributed by atoms with Crippen molar-refractivity contribution in [2.75, 3.05) is 7.11 Å². The van der Waals surface area contributed by atoms with Crippen molar-refractivity contribution in [3.63, 3.8) is 0 Å². The van der Waals surface area contributed by atoms with E-state index in [0.717, 1.165) is 25.0 Å². The van der Waals surface area contributed by atoms with E-state index in [1.807, 2.05) is 25.8 Å².